The lowest BCUT2D eigenvalue weighted by atomic mass is 9.95. The Balaban J connectivity index is 2.04. The van der Waals surface area contributed by atoms with Crippen molar-refractivity contribution in [3.05, 3.63) is 0 Å². The van der Waals surface area contributed by atoms with E-state index in [1.54, 1.807) is 0 Å². The van der Waals surface area contributed by atoms with E-state index in [4.69, 9.17) is 44.2 Å². The van der Waals surface area contributed by atoms with E-state index in [2.05, 4.69) is 12.2 Å². The highest BCUT2D eigenvalue weighted by Gasteiger charge is 2.56. The summed E-state index contributed by atoms with van der Waals surface area (Å²) >= 11 is 0. The van der Waals surface area contributed by atoms with Crippen LogP contribution in [0.25, 0.3) is 0 Å². The topological polar surface area (TPSA) is 335 Å². The van der Waals surface area contributed by atoms with Gasteiger partial charge in [-0.25, -0.2) is 14.2 Å². The summed E-state index contributed by atoms with van der Waals surface area (Å²) in [6.07, 6.45) is -5.46. The first-order valence-corrected chi connectivity index (χ1v) is 20.7. The molecule has 1 unspecified atom stereocenters. The SMILES string of the molecule is CCCCCCCCCCCCCCCCO[C@@H](COP(=O)(O)O[C@H]1O[C@H](C(N)=O)[C@@H](O)[C@H](OC(N)=O)[C@H]1O[C@@H]1O[C@H](CO)[C@@H](O)[C@H](O)[C@H]1NC(C)=O)C(=O)O. The second-order valence-electron chi connectivity index (χ2n) is 13.9. The molecule has 12 atom stereocenters. The number of unbranched alkanes of at least 4 members (excludes halogenated alkanes) is 13. The summed E-state index contributed by atoms with van der Waals surface area (Å²) in [6.45, 7) is 1.36. The number of phosphoric acid groups is 1. The van der Waals surface area contributed by atoms with Crippen LogP contribution >= 0.6 is 7.82 Å². The second-order valence-corrected chi connectivity index (χ2v) is 15.3. The Hall–Kier alpha value is -2.53. The lowest BCUT2D eigenvalue weighted by Gasteiger charge is -2.47. The second kappa shape index (κ2) is 25.8. The van der Waals surface area contributed by atoms with Crippen molar-refractivity contribution in [2.45, 2.75) is 171 Å². The molecular weight excluding hydrogens is 769 g/mol. The zero-order chi connectivity index (χ0) is 41.8. The standard InChI is InChI=1S/C34H62N3O18P/c1-3-4-5-6-7-8-9-10-11-12-13-14-15-16-17-49-22(31(44)45)19-50-56(47,48)55-33-29(27(54-34(36)46)26(42)28(52-33)30(35)43)53-32-23(37-20(2)39)25(41)24(40)21(18-38)51-32/h21-29,32-33,38,40-42H,3-19H2,1-2H3,(H2,35,43)(H2,36,46)(H,37,39)(H,44,45)(H,47,48)/t21-,22+,23-,24-,25-,26+,27+,28+,29-,32+,33-/m1/s1. The number of primary amides is 2. The first kappa shape index (κ1) is 49.6. The minimum absolute atomic E-state index is 0.00709. The van der Waals surface area contributed by atoms with Gasteiger partial charge in [0.1, 0.15) is 30.5 Å². The number of amides is 3. The molecule has 326 valence electrons. The molecule has 0 aromatic rings. The van der Waals surface area contributed by atoms with Gasteiger partial charge in [-0.3, -0.25) is 18.6 Å². The largest absolute Gasteiger partial charge is 0.479 e. The van der Waals surface area contributed by atoms with Crippen molar-refractivity contribution in [3.63, 3.8) is 0 Å². The first-order valence-electron chi connectivity index (χ1n) is 19.2. The van der Waals surface area contributed by atoms with Crippen LogP contribution in [0.3, 0.4) is 0 Å². The first-order chi connectivity index (χ1) is 26.5. The molecule has 0 saturated carbocycles. The van der Waals surface area contributed by atoms with Gasteiger partial charge in [0.15, 0.2) is 37.0 Å². The highest BCUT2D eigenvalue weighted by Crippen LogP contribution is 2.47. The maximum absolute atomic E-state index is 13.2. The van der Waals surface area contributed by atoms with Gasteiger partial charge in [-0.1, -0.05) is 90.4 Å². The number of hydrogen-bond donors (Lipinski definition) is 9. The number of carbonyl (C=O) groups is 4. The molecule has 2 aliphatic heterocycles. The summed E-state index contributed by atoms with van der Waals surface area (Å²) in [5.41, 5.74) is 10.5. The average Bonchev–Trinajstić information content (AvgIpc) is 3.12. The van der Waals surface area contributed by atoms with Crippen LogP contribution in [0, 0.1) is 0 Å². The zero-order valence-electron chi connectivity index (χ0n) is 32.1. The molecule has 11 N–H and O–H groups in total. The molecule has 0 spiro atoms. The van der Waals surface area contributed by atoms with Crippen molar-refractivity contribution < 1.29 is 86.9 Å². The lowest BCUT2D eigenvalue weighted by Crippen LogP contribution is -2.68. The molecule has 2 rings (SSSR count). The summed E-state index contributed by atoms with van der Waals surface area (Å²) < 4.78 is 50.0. The van der Waals surface area contributed by atoms with Crippen molar-refractivity contribution in [1.29, 1.82) is 0 Å². The predicted octanol–water partition coefficient (Wildman–Crippen LogP) is 0.435. The number of hydrogen-bond acceptors (Lipinski definition) is 16. The number of nitrogens with one attached hydrogen (secondary N) is 1. The molecule has 0 radical (unpaired) electrons. The van der Waals surface area contributed by atoms with Gasteiger partial charge >= 0.3 is 19.9 Å². The van der Waals surface area contributed by atoms with E-state index >= 15 is 0 Å². The number of carbonyl (C=O) groups excluding carboxylic acids is 3. The highest BCUT2D eigenvalue weighted by molar-refractivity contribution is 7.47. The Morgan fingerprint density at radius 1 is 0.804 bits per heavy atom. The summed E-state index contributed by atoms with van der Waals surface area (Å²) in [4.78, 5) is 58.5. The molecule has 2 saturated heterocycles. The van der Waals surface area contributed by atoms with Crippen molar-refractivity contribution in [3.8, 4) is 0 Å². The van der Waals surface area contributed by atoms with Crippen LogP contribution in [0.2, 0.25) is 0 Å². The van der Waals surface area contributed by atoms with E-state index in [9.17, 15) is 54.2 Å². The summed E-state index contributed by atoms with van der Waals surface area (Å²) in [7, 11) is -5.43. The van der Waals surface area contributed by atoms with Crippen LogP contribution in [0.1, 0.15) is 104 Å². The predicted molar refractivity (Wildman–Crippen MR) is 193 cm³/mol. The summed E-state index contributed by atoms with van der Waals surface area (Å²) in [6, 6.07) is -1.63. The molecule has 0 bridgehead atoms. The third kappa shape index (κ3) is 17.1. The Labute approximate surface area is 326 Å². The van der Waals surface area contributed by atoms with Crippen LogP contribution < -0.4 is 16.8 Å². The summed E-state index contributed by atoms with van der Waals surface area (Å²) in [5, 5.41) is 53.5. The molecule has 0 aliphatic carbocycles. The van der Waals surface area contributed by atoms with E-state index in [-0.39, 0.29) is 6.61 Å². The molecule has 21 nitrogen and oxygen atoms in total. The zero-order valence-corrected chi connectivity index (χ0v) is 33.0. The van der Waals surface area contributed by atoms with Crippen molar-refractivity contribution in [2.75, 3.05) is 19.8 Å². The number of aliphatic carboxylic acids is 1. The number of carboxylic acid groups (broad SMARTS) is 1. The van der Waals surface area contributed by atoms with E-state index in [0.717, 1.165) is 39.0 Å². The van der Waals surface area contributed by atoms with E-state index in [1.807, 2.05) is 0 Å². The maximum atomic E-state index is 13.2. The van der Waals surface area contributed by atoms with Crippen LogP contribution in [-0.4, -0.2) is 142 Å². The van der Waals surface area contributed by atoms with Gasteiger partial charge in [0.2, 0.25) is 11.8 Å². The van der Waals surface area contributed by atoms with Gasteiger partial charge in [-0.05, 0) is 6.42 Å². The molecule has 2 heterocycles. The number of aliphatic hydroxyl groups excluding tert-OH is 4. The van der Waals surface area contributed by atoms with Gasteiger partial charge in [-0.2, -0.15) is 0 Å². The molecule has 56 heavy (non-hydrogen) atoms. The third-order valence-corrected chi connectivity index (χ3v) is 10.3. The number of ether oxygens (including phenoxy) is 5. The van der Waals surface area contributed by atoms with Crippen LogP contribution in [0.15, 0.2) is 0 Å². The highest BCUT2D eigenvalue weighted by atomic mass is 31.2. The fraction of sp³-hybridized carbons (Fsp3) is 0.882. The van der Waals surface area contributed by atoms with Crippen LogP contribution in [-0.2, 0) is 51.7 Å². The molecule has 2 fully saturated rings. The Morgan fingerprint density at radius 3 is 1.84 bits per heavy atom. The molecule has 0 aromatic carbocycles. The van der Waals surface area contributed by atoms with Gasteiger partial charge in [0.25, 0.3) is 0 Å². The van der Waals surface area contributed by atoms with Crippen LogP contribution in [0.5, 0.6) is 0 Å². The number of rotatable bonds is 28. The van der Waals surface area contributed by atoms with E-state index < -0.39 is 112 Å². The Morgan fingerprint density at radius 2 is 1.36 bits per heavy atom. The number of nitrogens with two attached hydrogens (primary N) is 2. The molecular formula is C34H62N3O18P. The van der Waals surface area contributed by atoms with Crippen molar-refractivity contribution in [1.82, 2.24) is 5.32 Å². The Bertz CT molecular complexity index is 1250. The normalized spacial score (nSPS) is 29.6. The van der Waals surface area contributed by atoms with Gasteiger partial charge in [0, 0.05) is 13.5 Å². The molecule has 0 aromatic heterocycles. The minimum Gasteiger partial charge on any atom is -0.479 e. The molecule has 2 aliphatic rings. The van der Waals surface area contributed by atoms with Gasteiger partial charge in [-0.15, -0.1) is 0 Å². The van der Waals surface area contributed by atoms with E-state index in [0.29, 0.717) is 6.42 Å². The molecule has 3 amide bonds. The van der Waals surface area contributed by atoms with Gasteiger partial charge in [0.05, 0.1) is 13.2 Å². The van der Waals surface area contributed by atoms with Gasteiger partial charge < -0.3 is 70.9 Å². The lowest BCUT2D eigenvalue weighted by molar-refractivity contribution is -0.339. The minimum atomic E-state index is -5.43. The number of aliphatic hydroxyl groups is 4. The Kier molecular flexibility index (Phi) is 22.8. The third-order valence-electron chi connectivity index (χ3n) is 9.31. The smallest absolute Gasteiger partial charge is 0.474 e. The number of carboxylic acids is 1. The summed E-state index contributed by atoms with van der Waals surface area (Å²) in [5.74, 6) is -3.65. The monoisotopic (exact) mass is 831 g/mol. The fourth-order valence-corrected chi connectivity index (χ4v) is 7.15. The fourth-order valence-electron chi connectivity index (χ4n) is 6.33. The van der Waals surface area contributed by atoms with E-state index in [1.165, 1.54) is 51.4 Å². The average molecular weight is 832 g/mol. The maximum Gasteiger partial charge on any atom is 0.474 e. The van der Waals surface area contributed by atoms with Crippen molar-refractivity contribution in [2.24, 2.45) is 11.5 Å². The molecule has 22 heteroatoms. The quantitative estimate of drug-likeness (QED) is 0.0381. The van der Waals surface area contributed by atoms with Crippen LogP contribution in [0.4, 0.5) is 4.79 Å². The van der Waals surface area contributed by atoms with Crippen molar-refractivity contribution >= 4 is 31.7 Å². The number of phosphoric ester groups is 1.